The Bertz CT molecular complexity index is 541. The third-order valence-electron chi connectivity index (χ3n) is 4.48. The number of aromatic nitrogens is 1. The van der Waals surface area contributed by atoms with E-state index in [0.29, 0.717) is 26.1 Å². The van der Waals surface area contributed by atoms with Crippen LogP contribution in [0.4, 0.5) is 13.2 Å². The maximum absolute atomic E-state index is 12.4. The van der Waals surface area contributed by atoms with Crippen molar-refractivity contribution in [2.24, 2.45) is 5.92 Å². The van der Waals surface area contributed by atoms with Crippen molar-refractivity contribution in [2.45, 2.75) is 45.2 Å². The van der Waals surface area contributed by atoms with Gasteiger partial charge >= 0.3 is 6.18 Å². The molecule has 1 aliphatic rings. The molecule has 1 aromatic rings. The molecule has 0 unspecified atom stereocenters. The lowest BCUT2D eigenvalue weighted by Crippen LogP contribution is -2.34. The third kappa shape index (κ3) is 5.22. The van der Waals surface area contributed by atoms with E-state index in [9.17, 15) is 18.0 Å². The average molecular weight is 347 g/mol. The van der Waals surface area contributed by atoms with Crippen LogP contribution in [0.2, 0.25) is 0 Å². The van der Waals surface area contributed by atoms with E-state index in [2.05, 4.69) is 24.3 Å². The summed E-state index contributed by atoms with van der Waals surface area (Å²) in [5.74, 6) is 0.0785. The van der Waals surface area contributed by atoms with Crippen LogP contribution in [0.15, 0.2) is 10.6 Å². The Hall–Kier alpha value is -1.57. The van der Waals surface area contributed by atoms with Crippen LogP contribution < -0.4 is 5.32 Å². The normalized spacial score (nSPS) is 19.2. The summed E-state index contributed by atoms with van der Waals surface area (Å²) in [7, 11) is 0. The van der Waals surface area contributed by atoms with Gasteiger partial charge in [0.1, 0.15) is 0 Å². The Kier molecular flexibility index (Phi) is 6.26. The highest BCUT2D eigenvalue weighted by molar-refractivity contribution is 5.91. The van der Waals surface area contributed by atoms with Gasteiger partial charge in [0.15, 0.2) is 0 Å². The number of rotatable bonds is 7. The molecular weight excluding hydrogens is 323 g/mol. The molecule has 0 radical (unpaired) electrons. The quantitative estimate of drug-likeness (QED) is 0.823. The molecule has 0 saturated carbocycles. The summed E-state index contributed by atoms with van der Waals surface area (Å²) in [6.45, 7) is 4.30. The van der Waals surface area contributed by atoms with Gasteiger partial charge in [-0.25, -0.2) is 0 Å². The van der Waals surface area contributed by atoms with E-state index in [1.54, 1.807) is 6.07 Å². The molecule has 1 aromatic heterocycles. The molecule has 2 rings (SSSR count). The van der Waals surface area contributed by atoms with Crippen LogP contribution in [0.25, 0.3) is 0 Å². The molecule has 1 atom stereocenters. The number of alkyl halides is 3. The monoisotopic (exact) mass is 347 g/mol. The molecule has 0 aromatic carbocycles. The van der Waals surface area contributed by atoms with Crippen LogP contribution >= 0.6 is 0 Å². The first-order valence-electron chi connectivity index (χ1n) is 8.36. The molecular formula is C16H24F3N3O2. The summed E-state index contributed by atoms with van der Waals surface area (Å²) >= 11 is 0. The third-order valence-corrected chi connectivity index (χ3v) is 4.48. The highest BCUT2D eigenvalue weighted by Crippen LogP contribution is 2.23. The number of likely N-dealkylation sites (tertiary alicyclic amines) is 1. The average Bonchev–Trinajstić information content (AvgIpc) is 3.14. The van der Waals surface area contributed by atoms with E-state index >= 15 is 0 Å². The van der Waals surface area contributed by atoms with Gasteiger partial charge in [0.2, 0.25) is 5.76 Å². The van der Waals surface area contributed by atoms with Crippen LogP contribution in [0.1, 0.15) is 55.3 Å². The van der Waals surface area contributed by atoms with E-state index < -0.39 is 12.7 Å². The second-order valence-corrected chi connectivity index (χ2v) is 6.34. The SMILES string of the molecule is CCC(CC)c1cc(C(=O)NC[C@H]2CCN(CC(F)(F)F)C2)on1. The number of carbonyl (C=O) groups is 1. The summed E-state index contributed by atoms with van der Waals surface area (Å²) in [4.78, 5) is 13.5. The smallest absolute Gasteiger partial charge is 0.351 e. The van der Waals surface area contributed by atoms with Crippen LogP contribution in [0.5, 0.6) is 0 Å². The predicted octanol–water partition coefficient (Wildman–Crippen LogP) is 3.19. The van der Waals surface area contributed by atoms with Gasteiger partial charge in [0, 0.05) is 25.1 Å². The van der Waals surface area contributed by atoms with E-state index in [0.717, 1.165) is 18.5 Å². The van der Waals surface area contributed by atoms with Crippen molar-refractivity contribution in [2.75, 3.05) is 26.2 Å². The zero-order valence-corrected chi connectivity index (χ0v) is 14.0. The molecule has 0 aliphatic carbocycles. The van der Waals surface area contributed by atoms with Crippen molar-refractivity contribution in [3.63, 3.8) is 0 Å². The molecule has 5 nitrogen and oxygen atoms in total. The molecule has 136 valence electrons. The van der Waals surface area contributed by atoms with Crippen molar-refractivity contribution >= 4 is 5.91 Å². The summed E-state index contributed by atoms with van der Waals surface area (Å²) in [5.41, 5.74) is 0.766. The predicted molar refractivity (Wildman–Crippen MR) is 82.8 cm³/mol. The van der Waals surface area contributed by atoms with Gasteiger partial charge in [-0.3, -0.25) is 9.69 Å². The molecule has 1 amide bonds. The van der Waals surface area contributed by atoms with Gasteiger partial charge in [-0.15, -0.1) is 0 Å². The number of nitrogens with zero attached hydrogens (tertiary/aromatic N) is 2. The first-order valence-corrected chi connectivity index (χ1v) is 8.36. The largest absolute Gasteiger partial charge is 0.401 e. The van der Waals surface area contributed by atoms with E-state index in [4.69, 9.17) is 4.52 Å². The van der Waals surface area contributed by atoms with Gasteiger partial charge in [0.25, 0.3) is 5.91 Å². The fourth-order valence-corrected chi connectivity index (χ4v) is 3.10. The lowest BCUT2D eigenvalue weighted by molar-refractivity contribution is -0.143. The Morgan fingerprint density at radius 2 is 2.17 bits per heavy atom. The standard InChI is InChI=1S/C16H24F3N3O2/c1-3-12(4-2)13-7-14(24-21-13)15(23)20-8-11-5-6-22(9-11)10-16(17,18)19/h7,11-12H,3-6,8-10H2,1-2H3,(H,20,23)/t11-/m1/s1. The molecule has 2 heterocycles. The highest BCUT2D eigenvalue weighted by Gasteiger charge is 2.34. The molecule has 1 N–H and O–H groups in total. The van der Waals surface area contributed by atoms with Crippen molar-refractivity contribution in [1.82, 2.24) is 15.4 Å². The number of amides is 1. The fraction of sp³-hybridized carbons (Fsp3) is 0.750. The van der Waals surface area contributed by atoms with E-state index in [-0.39, 0.29) is 23.5 Å². The second kappa shape index (κ2) is 8.00. The van der Waals surface area contributed by atoms with Crippen molar-refractivity contribution in [3.8, 4) is 0 Å². The molecule has 1 saturated heterocycles. The van der Waals surface area contributed by atoms with E-state index in [1.165, 1.54) is 4.90 Å². The molecule has 8 heteroatoms. The molecule has 0 spiro atoms. The van der Waals surface area contributed by atoms with Crippen LogP contribution in [0, 0.1) is 5.92 Å². The lowest BCUT2D eigenvalue weighted by Gasteiger charge is -2.17. The summed E-state index contributed by atoms with van der Waals surface area (Å²) in [5, 5.41) is 6.67. The molecule has 1 aliphatic heterocycles. The first-order chi connectivity index (χ1) is 11.3. The van der Waals surface area contributed by atoms with Crippen LogP contribution in [-0.2, 0) is 0 Å². The number of halogens is 3. The zero-order chi connectivity index (χ0) is 17.7. The Balaban J connectivity index is 1.80. The fourth-order valence-electron chi connectivity index (χ4n) is 3.10. The van der Waals surface area contributed by atoms with Crippen molar-refractivity contribution < 1.29 is 22.5 Å². The van der Waals surface area contributed by atoms with Gasteiger partial charge < -0.3 is 9.84 Å². The van der Waals surface area contributed by atoms with Gasteiger partial charge in [0.05, 0.1) is 12.2 Å². The van der Waals surface area contributed by atoms with Crippen molar-refractivity contribution in [1.29, 1.82) is 0 Å². The lowest BCUT2D eigenvalue weighted by atomic mass is 9.99. The summed E-state index contributed by atoms with van der Waals surface area (Å²) in [6.07, 6.45) is -1.70. The zero-order valence-electron chi connectivity index (χ0n) is 14.0. The second-order valence-electron chi connectivity index (χ2n) is 6.34. The number of hydrogen-bond donors (Lipinski definition) is 1. The minimum absolute atomic E-state index is 0.0257. The molecule has 0 bridgehead atoms. The number of nitrogens with one attached hydrogen (secondary N) is 1. The van der Waals surface area contributed by atoms with Crippen LogP contribution in [-0.4, -0.2) is 48.3 Å². The summed E-state index contributed by atoms with van der Waals surface area (Å²) in [6, 6.07) is 1.65. The van der Waals surface area contributed by atoms with E-state index in [1.807, 2.05) is 0 Å². The van der Waals surface area contributed by atoms with Gasteiger partial charge in [-0.1, -0.05) is 19.0 Å². The Morgan fingerprint density at radius 1 is 1.46 bits per heavy atom. The van der Waals surface area contributed by atoms with Gasteiger partial charge in [-0.05, 0) is 31.7 Å². The Morgan fingerprint density at radius 3 is 2.79 bits per heavy atom. The topological polar surface area (TPSA) is 58.4 Å². The first kappa shape index (κ1) is 18.8. The van der Waals surface area contributed by atoms with Crippen molar-refractivity contribution in [3.05, 3.63) is 17.5 Å². The number of carbonyl (C=O) groups excluding carboxylic acids is 1. The molecule has 24 heavy (non-hydrogen) atoms. The highest BCUT2D eigenvalue weighted by atomic mass is 19.4. The maximum Gasteiger partial charge on any atom is 0.401 e. The van der Waals surface area contributed by atoms with Crippen LogP contribution in [0.3, 0.4) is 0 Å². The van der Waals surface area contributed by atoms with Gasteiger partial charge in [-0.2, -0.15) is 13.2 Å². The maximum atomic E-state index is 12.4. The number of hydrogen-bond acceptors (Lipinski definition) is 4. The minimum atomic E-state index is -4.18. The summed E-state index contributed by atoms with van der Waals surface area (Å²) < 4.78 is 42.2. The minimum Gasteiger partial charge on any atom is -0.351 e. The Labute approximate surface area is 139 Å². The molecule has 1 fully saturated rings.